The first kappa shape index (κ1) is 20.9. The summed E-state index contributed by atoms with van der Waals surface area (Å²) in [6.45, 7) is 9.52. The molecule has 8 heteroatoms. The van der Waals surface area contributed by atoms with Crippen molar-refractivity contribution in [2.24, 2.45) is 5.92 Å². The lowest BCUT2D eigenvalue weighted by Crippen LogP contribution is -2.50. The highest BCUT2D eigenvalue weighted by atomic mass is 32.1. The van der Waals surface area contributed by atoms with Crippen LogP contribution in [0.3, 0.4) is 0 Å². The van der Waals surface area contributed by atoms with E-state index in [1.807, 2.05) is 29.8 Å². The predicted octanol–water partition coefficient (Wildman–Crippen LogP) is 2.94. The van der Waals surface area contributed by atoms with E-state index < -0.39 is 0 Å². The monoisotopic (exact) mass is 430 g/mol. The second-order valence-electron chi connectivity index (χ2n) is 8.12. The van der Waals surface area contributed by atoms with Crippen LogP contribution in [-0.4, -0.2) is 61.7 Å². The zero-order chi connectivity index (χ0) is 20.9. The van der Waals surface area contributed by atoms with Crippen molar-refractivity contribution in [2.75, 3.05) is 50.8 Å². The minimum atomic E-state index is -0.0636. The number of piperazine rings is 1. The van der Waals surface area contributed by atoms with Crippen LogP contribution in [0.25, 0.3) is 0 Å². The van der Waals surface area contributed by atoms with Crippen molar-refractivity contribution < 1.29 is 14.3 Å². The molecule has 1 aromatic carbocycles. The van der Waals surface area contributed by atoms with Gasteiger partial charge in [-0.2, -0.15) is 0 Å². The quantitative estimate of drug-likeness (QED) is 0.760. The molecule has 0 aliphatic carbocycles. The number of rotatable bonds is 6. The number of fused-ring (bicyclic) bond motifs is 1. The number of anilines is 1. The molecule has 3 heterocycles. The summed E-state index contributed by atoms with van der Waals surface area (Å²) in [5, 5.41) is 6.30. The fraction of sp³-hybridized carbons (Fsp3) is 0.545. The van der Waals surface area contributed by atoms with E-state index in [-0.39, 0.29) is 17.9 Å². The van der Waals surface area contributed by atoms with E-state index in [2.05, 4.69) is 33.9 Å². The molecule has 2 aliphatic rings. The average Bonchev–Trinajstić information content (AvgIpc) is 3.18. The van der Waals surface area contributed by atoms with Gasteiger partial charge in [0.1, 0.15) is 0 Å². The summed E-state index contributed by atoms with van der Waals surface area (Å²) in [7, 11) is 0. The van der Waals surface area contributed by atoms with E-state index in [0.29, 0.717) is 19.8 Å². The van der Waals surface area contributed by atoms with Crippen molar-refractivity contribution in [2.45, 2.75) is 26.3 Å². The standard InChI is InChI=1S/C22H30N4O3S/c1-16(2)21(17-4-5-18-19(14-17)29-12-3-11-28-18)24-20(27)15-25-7-9-26(10-8-25)22-23-6-13-30-22/h4-6,13-14,16,21H,3,7-12,15H2,1-2H3,(H,24,27)/t21-/m1/s1. The molecule has 4 rings (SSSR count). The Morgan fingerprint density at radius 1 is 1.17 bits per heavy atom. The molecule has 1 aromatic heterocycles. The van der Waals surface area contributed by atoms with Gasteiger partial charge in [-0.05, 0) is 23.6 Å². The van der Waals surface area contributed by atoms with Crippen LogP contribution >= 0.6 is 11.3 Å². The SMILES string of the molecule is CC(C)[C@@H](NC(=O)CN1CCN(c2nccs2)CC1)c1ccc2c(c1)OCCCO2. The van der Waals surface area contributed by atoms with Gasteiger partial charge in [0.05, 0.1) is 25.8 Å². The van der Waals surface area contributed by atoms with Gasteiger partial charge in [-0.3, -0.25) is 9.69 Å². The number of carbonyl (C=O) groups excluding carboxylic acids is 1. The van der Waals surface area contributed by atoms with Gasteiger partial charge >= 0.3 is 0 Å². The van der Waals surface area contributed by atoms with E-state index in [1.165, 1.54) is 0 Å². The summed E-state index contributed by atoms with van der Waals surface area (Å²) >= 11 is 1.66. The van der Waals surface area contributed by atoms with Crippen molar-refractivity contribution in [3.63, 3.8) is 0 Å². The molecule has 30 heavy (non-hydrogen) atoms. The lowest BCUT2D eigenvalue weighted by molar-refractivity contribution is -0.123. The normalized spacial score (nSPS) is 18.2. The number of nitrogens with zero attached hydrogens (tertiary/aromatic N) is 3. The third-order valence-corrected chi connectivity index (χ3v) is 6.38. The van der Waals surface area contributed by atoms with Crippen LogP contribution in [0.4, 0.5) is 5.13 Å². The maximum atomic E-state index is 12.8. The lowest BCUT2D eigenvalue weighted by atomic mass is 9.95. The third-order valence-electron chi connectivity index (χ3n) is 5.54. The van der Waals surface area contributed by atoms with Crippen molar-refractivity contribution in [3.05, 3.63) is 35.3 Å². The van der Waals surface area contributed by atoms with E-state index in [1.54, 1.807) is 11.3 Å². The minimum absolute atomic E-state index is 0.0588. The summed E-state index contributed by atoms with van der Waals surface area (Å²) in [6.07, 6.45) is 2.72. The molecular formula is C22H30N4O3S. The zero-order valence-corrected chi connectivity index (χ0v) is 18.5. The highest BCUT2D eigenvalue weighted by molar-refractivity contribution is 7.13. The Hall–Kier alpha value is -2.32. The summed E-state index contributed by atoms with van der Waals surface area (Å²) in [4.78, 5) is 21.7. The topological polar surface area (TPSA) is 66.9 Å². The number of thiazole rings is 1. The number of hydrogen-bond donors (Lipinski definition) is 1. The zero-order valence-electron chi connectivity index (χ0n) is 17.7. The van der Waals surface area contributed by atoms with Crippen molar-refractivity contribution in [1.82, 2.24) is 15.2 Å². The van der Waals surface area contributed by atoms with Gasteiger partial charge in [0.2, 0.25) is 5.91 Å². The molecule has 2 aliphatic heterocycles. The molecule has 0 radical (unpaired) electrons. The number of ether oxygens (including phenoxy) is 2. The molecule has 1 N–H and O–H groups in total. The van der Waals surface area contributed by atoms with Crippen LogP contribution < -0.4 is 19.7 Å². The van der Waals surface area contributed by atoms with Crippen molar-refractivity contribution >= 4 is 22.4 Å². The lowest BCUT2D eigenvalue weighted by Gasteiger charge is -2.34. The van der Waals surface area contributed by atoms with Gasteiger partial charge in [0.15, 0.2) is 16.6 Å². The maximum absolute atomic E-state index is 12.8. The van der Waals surface area contributed by atoms with Crippen molar-refractivity contribution in [3.8, 4) is 11.5 Å². The van der Waals surface area contributed by atoms with Crippen LogP contribution in [-0.2, 0) is 4.79 Å². The largest absolute Gasteiger partial charge is 0.490 e. The molecule has 162 valence electrons. The maximum Gasteiger partial charge on any atom is 0.234 e. The minimum Gasteiger partial charge on any atom is -0.490 e. The number of carbonyl (C=O) groups is 1. The number of nitrogens with one attached hydrogen (secondary N) is 1. The molecule has 1 amide bonds. The number of amides is 1. The molecule has 0 spiro atoms. The smallest absolute Gasteiger partial charge is 0.234 e. The van der Waals surface area contributed by atoms with Crippen molar-refractivity contribution in [1.29, 1.82) is 0 Å². The van der Waals surface area contributed by atoms with Gasteiger partial charge < -0.3 is 19.7 Å². The number of aromatic nitrogens is 1. The molecule has 7 nitrogen and oxygen atoms in total. The van der Waals surface area contributed by atoms with Gasteiger partial charge in [-0.15, -0.1) is 11.3 Å². The van der Waals surface area contributed by atoms with Crippen LogP contribution in [0.1, 0.15) is 31.9 Å². The molecular weight excluding hydrogens is 400 g/mol. The first-order valence-corrected chi connectivity index (χ1v) is 11.5. The van der Waals surface area contributed by atoms with Gasteiger partial charge in [0, 0.05) is 44.2 Å². The summed E-state index contributed by atoms with van der Waals surface area (Å²) in [5.41, 5.74) is 1.05. The summed E-state index contributed by atoms with van der Waals surface area (Å²) in [5.74, 6) is 1.87. The fourth-order valence-electron chi connectivity index (χ4n) is 3.90. The Balaban J connectivity index is 1.34. The van der Waals surface area contributed by atoms with E-state index in [0.717, 1.165) is 54.8 Å². The van der Waals surface area contributed by atoms with E-state index in [4.69, 9.17) is 9.47 Å². The van der Waals surface area contributed by atoms with Crippen LogP contribution in [0.2, 0.25) is 0 Å². The Bertz CT molecular complexity index is 835. The molecule has 1 atom stereocenters. The second-order valence-corrected chi connectivity index (χ2v) is 9.00. The average molecular weight is 431 g/mol. The Morgan fingerprint density at radius 3 is 2.63 bits per heavy atom. The first-order valence-electron chi connectivity index (χ1n) is 10.7. The Kier molecular flexibility index (Phi) is 6.74. The fourth-order valence-corrected chi connectivity index (χ4v) is 4.60. The Labute approximate surface area is 182 Å². The molecule has 2 aromatic rings. The molecule has 1 saturated heterocycles. The van der Waals surface area contributed by atoms with Crippen LogP contribution in [0, 0.1) is 5.92 Å². The summed E-state index contributed by atoms with van der Waals surface area (Å²) in [6, 6.07) is 5.94. The number of hydrogen-bond acceptors (Lipinski definition) is 7. The third kappa shape index (κ3) is 5.05. The molecule has 0 saturated carbocycles. The highest BCUT2D eigenvalue weighted by Crippen LogP contribution is 2.34. The van der Waals surface area contributed by atoms with Gasteiger partial charge in [0.25, 0.3) is 0 Å². The second kappa shape index (κ2) is 9.66. The summed E-state index contributed by atoms with van der Waals surface area (Å²) < 4.78 is 11.6. The van der Waals surface area contributed by atoms with E-state index >= 15 is 0 Å². The van der Waals surface area contributed by atoms with Crippen LogP contribution in [0.15, 0.2) is 29.8 Å². The van der Waals surface area contributed by atoms with Crippen LogP contribution in [0.5, 0.6) is 11.5 Å². The first-order chi connectivity index (χ1) is 14.6. The Morgan fingerprint density at radius 2 is 1.93 bits per heavy atom. The number of benzene rings is 1. The molecule has 1 fully saturated rings. The van der Waals surface area contributed by atoms with Gasteiger partial charge in [-0.1, -0.05) is 19.9 Å². The molecule has 0 unspecified atom stereocenters. The van der Waals surface area contributed by atoms with E-state index in [9.17, 15) is 4.79 Å². The predicted molar refractivity (Wildman–Crippen MR) is 119 cm³/mol. The highest BCUT2D eigenvalue weighted by Gasteiger charge is 2.24. The van der Waals surface area contributed by atoms with Gasteiger partial charge in [-0.25, -0.2) is 4.98 Å². The molecule has 0 bridgehead atoms.